The molecule has 1 aliphatic heterocycles. The molecule has 1 aliphatic rings. The highest BCUT2D eigenvalue weighted by Gasteiger charge is 2.25. The van der Waals surface area contributed by atoms with Crippen molar-refractivity contribution in [2.75, 3.05) is 13.2 Å². The summed E-state index contributed by atoms with van der Waals surface area (Å²) in [5.74, 6) is -0.0369. The zero-order valence-electron chi connectivity index (χ0n) is 10.8. The molecule has 2 rings (SSSR count). The lowest BCUT2D eigenvalue weighted by molar-refractivity contribution is -0.131. The van der Waals surface area contributed by atoms with Crippen LogP contribution < -0.4 is 10.2 Å². The third kappa shape index (κ3) is 2.53. The Labute approximate surface area is 110 Å². The van der Waals surface area contributed by atoms with Crippen molar-refractivity contribution in [1.29, 1.82) is 0 Å². The van der Waals surface area contributed by atoms with Crippen LogP contribution in [0.4, 0.5) is 0 Å². The number of benzene rings is 1. The minimum Gasteiger partial charge on any atom is -0.491 e. The van der Waals surface area contributed by atoms with Crippen LogP contribution in [0.5, 0.6) is 5.75 Å². The van der Waals surface area contributed by atoms with Crippen LogP contribution in [0.1, 0.15) is 35.8 Å². The fraction of sp³-hybridized carbons (Fsp3) is 0.385. The number of ether oxygens (including phenoxy) is 1. The summed E-state index contributed by atoms with van der Waals surface area (Å²) in [7, 11) is 0. The van der Waals surface area contributed by atoms with Crippen molar-refractivity contribution in [2.45, 2.75) is 19.9 Å². The van der Waals surface area contributed by atoms with Crippen molar-refractivity contribution in [3.63, 3.8) is 0 Å². The molecule has 2 amide bonds. The molecule has 0 aliphatic carbocycles. The highest BCUT2D eigenvalue weighted by Crippen LogP contribution is 2.32. The number of fused-ring (bicyclic) bond motifs is 1. The van der Waals surface area contributed by atoms with E-state index in [2.05, 4.69) is 0 Å². The van der Waals surface area contributed by atoms with Crippen molar-refractivity contribution in [3.05, 3.63) is 29.3 Å². The third-order valence-corrected chi connectivity index (χ3v) is 3.29. The molecular weight excluding hydrogens is 248 g/mol. The summed E-state index contributed by atoms with van der Waals surface area (Å²) in [4.78, 5) is 24.6. The van der Waals surface area contributed by atoms with Crippen molar-refractivity contribution in [1.82, 2.24) is 10.4 Å². The molecule has 0 spiro atoms. The molecule has 1 aromatic rings. The minimum atomic E-state index is -0.591. The molecule has 102 valence electrons. The molecule has 0 aromatic heterocycles. The van der Waals surface area contributed by atoms with Gasteiger partial charge in [-0.1, -0.05) is 6.07 Å². The van der Waals surface area contributed by atoms with Gasteiger partial charge in [-0.2, -0.15) is 0 Å². The predicted octanol–water partition coefficient (Wildman–Crippen LogP) is 1.11. The van der Waals surface area contributed by atoms with Gasteiger partial charge in [-0.3, -0.25) is 14.8 Å². The molecule has 1 heterocycles. The quantitative estimate of drug-likeness (QED) is 0.588. The van der Waals surface area contributed by atoms with Gasteiger partial charge in [-0.15, -0.1) is 0 Å². The number of carbonyl (C=O) groups excluding carboxylic acids is 2. The minimum absolute atomic E-state index is 0.0128. The largest absolute Gasteiger partial charge is 0.491 e. The Morgan fingerprint density at radius 2 is 2.21 bits per heavy atom. The number of rotatable bonds is 1. The molecular formula is C13H16N2O4. The zero-order chi connectivity index (χ0) is 14.0. The van der Waals surface area contributed by atoms with Crippen LogP contribution in [0.15, 0.2) is 18.2 Å². The fourth-order valence-corrected chi connectivity index (χ4v) is 2.26. The van der Waals surface area contributed by atoms with Crippen LogP contribution in [0.3, 0.4) is 0 Å². The van der Waals surface area contributed by atoms with Crippen LogP contribution in [0.25, 0.3) is 0 Å². The first-order chi connectivity index (χ1) is 9.04. The molecule has 19 heavy (non-hydrogen) atoms. The molecule has 0 radical (unpaired) electrons. The molecule has 0 saturated heterocycles. The van der Waals surface area contributed by atoms with E-state index in [1.165, 1.54) is 6.92 Å². The Bertz CT molecular complexity index is 515. The summed E-state index contributed by atoms with van der Waals surface area (Å²) < 4.78 is 5.58. The maximum absolute atomic E-state index is 11.6. The zero-order valence-corrected chi connectivity index (χ0v) is 10.8. The van der Waals surface area contributed by atoms with Gasteiger partial charge in [0.15, 0.2) is 0 Å². The van der Waals surface area contributed by atoms with Crippen LogP contribution in [0, 0.1) is 0 Å². The van der Waals surface area contributed by atoms with Crippen molar-refractivity contribution in [2.24, 2.45) is 0 Å². The highest BCUT2D eigenvalue weighted by atomic mass is 16.5. The standard InChI is InChI=1S/C13H16N2O4/c1-8-11-4-3-10(13(17)14-18)7-12(11)19-6-5-15(8)9(2)16/h3-4,7-8,18H,5-6H2,1-2H3,(H,14,17). The van der Waals surface area contributed by atoms with Gasteiger partial charge < -0.3 is 9.64 Å². The van der Waals surface area contributed by atoms with Gasteiger partial charge in [0.05, 0.1) is 12.6 Å². The Kier molecular flexibility index (Phi) is 3.71. The summed E-state index contributed by atoms with van der Waals surface area (Å²) in [5.41, 5.74) is 2.74. The van der Waals surface area contributed by atoms with Gasteiger partial charge >= 0.3 is 0 Å². The molecule has 1 atom stereocenters. The van der Waals surface area contributed by atoms with E-state index in [4.69, 9.17) is 9.94 Å². The number of nitrogens with one attached hydrogen (secondary N) is 1. The van der Waals surface area contributed by atoms with Crippen LogP contribution in [-0.2, 0) is 4.79 Å². The van der Waals surface area contributed by atoms with Crippen molar-refractivity contribution in [3.8, 4) is 5.75 Å². The Hall–Kier alpha value is -2.08. The van der Waals surface area contributed by atoms with E-state index in [-0.39, 0.29) is 11.9 Å². The summed E-state index contributed by atoms with van der Waals surface area (Å²) in [6, 6.07) is 4.79. The Morgan fingerprint density at radius 3 is 2.84 bits per heavy atom. The van der Waals surface area contributed by atoms with E-state index in [0.717, 1.165) is 5.56 Å². The first-order valence-electron chi connectivity index (χ1n) is 6.03. The lowest BCUT2D eigenvalue weighted by Crippen LogP contribution is -2.33. The summed E-state index contributed by atoms with van der Waals surface area (Å²) in [5, 5.41) is 8.62. The molecule has 6 heteroatoms. The average molecular weight is 264 g/mol. The molecule has 2 N–H and O–H groups in total. The normalized spacial score (nSPS) is 18.1. The second-order valence-corrected chi connectivity index (χ2v) is 4.43. The second-order valence-electron chi connectivity index (χ2n) is 4.43. The van der Waals surface area contributed by atoms with E-state index in [0.29, 0.717) is 24.5 Å². The van der Waals surface area contributed by atoms with Gasteiger partial charge in [0, 0.05) is 18.1 Å². The number of nitrogens with zero attached hydrogens (tertiary/aromatic N) is 1. The van der Waals surface area contributed by atoms with E-state index >= 15 is 0 Å². The maximum atomic E-state index is 11.6. The number of hydroxylamine groups is 1. The van der Waals surface area contributed by atoms with E-state index in [1.807, 2.05) is 6.92 Å². The lowest BCUT2D eigenvalue weighted by Gasteiger charge is -2.25. The molecule has 1 aromatic carbocycles. The fourth-order valence-electron chi connectivity index (χ4n) is 2.26. The van der Waals surface area contributed by atoms with Crippen LogP contribution >= 0.6 is 0 Å². The second kappa shape index (κ2) is 5.27. The first kappa shape index (κ1) is 13.4. The van der Waals surface area contributed by atoms with Crippen LogP contribution in [-0.4, -0.2) is 35.1 Å². The van der Waals surface area contributed by atoms with E-state index < -0.39 is 5.91 Å². The molecule has 0 bridgehead atoms. The summed E-state index contributed by atoms with van der Waals surface area (Å²) >= 11 is 0. The Balaban J connectivity index is 2.39. The smallest absolute Gasteiger partial charge is 0.274 e. The van der Waals surface area contributed by atoms with Gasteiger partial charge in [0.1, 0.15) is 12.4 Å². The Morgan fingerprint density at radius 1 is 1.47 bits per heavy atom. The summed E-state index contributed by atoms with van der Waals surface area (Å²) in [6.07, 6.45) is 0. The summed E-state index contributed by atoms with van der Waals surface area (Å²) in [6.45, 7) is 4.32. The predicted molar refractivity (Wildman–Crippen MR) is 67.0 cm³/mol. The number of hydrogen-bond acceptors (Lipinski definition) is 4. The third-order valence-electron chi connectivity index (χ3n) is 3.29. The topological polar surface area (TPSA) is 78.9 Å². The molecule has 0 fully saturated rings. The number of carbonyl (C=O) groups is 2. The van der Waals surface area contributed by atoms with Gasteiger partial charge in [0.25, 0.3) is 5.91 Å². The van der Waals surface area contributed by atoms with Gasteiger partial charge in [0.2, 0.25) is 5.91 Å². The molecule has 0 saturated carbocycles. The monoisotopic (exact) mass is 264 g/mol. The molecule has 6 nitrogen and oxygen atoms in total. The van der Waals surface area contributed by atoms with Gasteiger partial charge in [-0.25, -0.2) is 5.48 Å². The van der Waals surface area contributed by atoms with Crippen molar-refractivity contribution < 1.29 is 19.5 Å². The maximum Gasteiger partial charge on any atom is 0.274 e. The highest BCUT2D eigenvalue weighted by molar-refractivity contribution is 5.93. The number of hydrogen-bond donors (Lipinski definition) is 2. The van der Waals surface area contributed by atoms with Crippen molar-refractivity contribution >= 4 is 11.8 Å². The SMILES string of the molecule is CC(=O)N1CCOc2cc(C(=O)NO)ccc2C1C. The van der Waals surface area contributed by atoms with Gasteiger partial charge in [-0.05, 0) is 19.1 Å². The molecule has 1 unspecified atom stereocenters. The first-order valence-corrected chi connectivity index (χ1v) is 6.03. The number of amides is 2. The average Bonchev–Trinajstić information content (AvgIpc) is 2.57. The van der Waals surface area contributed by atoms with E-state index in [9.17, 15) is 9.59 Å². The van der Waals surface area contributed by atoms with Crippen LogP contribution in [0.2, 0.25) is 0 Å². The lowest BCUT2D eigenvalue weighted by atomic mass is 10.0. The van der Waals surface area contributed by atoms with E-state index in [1.54, 1.807) is 28.6 Å².